The average Bonchev–Trinajstić information content (AvgIpc) is 1.84. The molecule has 3 nitrogen and oxygen atoms in total. The van der Waals surface area contributed by atoms with E-state index < -0.39 is 11.9 Å². The highest BCUT2D eigenvalue weighted by Gasteiger charge is 2.08. The quantitative estimate of drug-likeness (QED) is 0.265. The summed E-state index contributed by atoms with van der Waals surface area (Å²) in [5.41, 5.74) is 0. The van der Waals surface area contributed by atoms with Gasteiger partial charge in [0, 0.05) is 0 Å². The summed E-state index contributed by atoms with van der Waals surface area (Å²) >= 11 is 0. The van der Waals surface area contributed by atoms with E-state index in [1.807, 2.05) is 0 Å². The van der Waals surface area contributed by atoms with Crippen LogP contribution in [0.3, 0.4) is 0 Å². The number of hydrogen-bond donors (Lipinski definition) is 0. The zero-order valence-electron chi connectivity index (χ0n) is 4.88. The van der Waals surface area contributed by atoms with Crippen molar-refractivity contribution in [1.29, 1.82) is 0 Å². The van der Waals surface area contributed by atoms with Crippen LogP contribution in [0.4, 0.5) is 0 Å². The Kier molecular flexibility index (Phi) is 3.10. The van der Waals surface area contributed by atoms with Crippen molar-refractivity contribution in [2.45, 2.75) is 6.92 Å². The lowest BCUT2D eigenvalue weighted by molar-refractivity contribution is -0.139. The molecular weight excluding hydrogens is 124 g/mol. The zero-order valence-corrected chi connectivity index (χ0v) is 6.88. The second-order valence-electron chi connectivity index (χ2n) is 1.45. The molecule has 0 aliphatic heterocycles. The van der Waals surface area contributed by atoms with Crippen LogP contribution < -0.4 is 0 Å². The summed E-state index contributed by atoms with van der Waals surface area (Å²) in [6.07, 6.45) is 0.570. The van der Waals surface area contributed by atoms with Gasteiger partial charge in [-0.2, -0.15) is 0 Å². The van der Waals surface area contributed by atoms with Crippen LogP contribution in [0.1, 0.15) is 6.92 Å². The average molecular weight is 132 g/mol. The van der Waals surface area contributed by atoms with Crippen molar-refractivity contribution in [3.63, 3.8) is 0 Å². The fourth-order valence-electron chi connectivity index (χ4n) is 0.241. The smallest absolute Gasteiger partial charge is 0.301 e. The Bertz CT molecular complexity index is 101. The van der Waals surface area contributed by atoms with E-state index in [0.717, 1.165) is 0 Å². The predicted molar refractivity (Wildman–Crippen MR) is 31.3 cm³/mol. The summed E-state index contributed by atoms with van der Waals surface area (Å²) < 4.78 is 4.37. The molecule has 0 spiro atoms. The van der Waals surface area contributed by atoms with Crippen molar-refractivity contribution in [2.24, 2.45) is 5.92 Å². The lowest BCUT2D eigenvalue weighted by atomic mass is 10.2. The fourth-order valence-corrected chi connectivity index (χ4v) is 0.613. The van der Waals surface area contributed by atoms with Crippen molar-refractivity contribution in [3.8, 4) is 0 Å². The van der Waals surface area contributed by atoms with Gasteiger partial charge in [-0.15, -0.1) is 0 Å². The van der Waals surface area contributed by atoms with Crippen molar-refractivity contribution >= 4 is 22.7 Å². The standard InChI is InChI=1S/C4H8O3Si/c1-3(2-5)4(6)7-8/h2-3H,1,8H3. The van der Waals surface area contributed by atoms with E-state index in [1.54, 1.807) is 0 Å². The van der Waals surface area contributed by atoms with Crippen molar-refractivity contribution in [1.82, 2.24) is 0 Å². The Morgan fingerprint density at radius 1 is 1.88 bits per heavy atom. The summed E-state index contributed by atoms with van der Waals surface area (Å²) in [5, 5.41) is 0. The molecule has 0 fully saturated rings. The molecule has 8 heavy (non-hydrogen) atoms. The largest absolute Gasteiger partial charge is 0.528 e. The molecule has 0 N–H and O–H groups in total. The maximum Gasteiger partial charge on any atom is 0.301 e. The van der Waals surface area contributed by atoms with Gasteiger partial charge in [-0.1, -0.05) is 0 Å². The molecule has 0 aromatic heterocycles. The molecule has 0 radical (unpaired) electrons. The van der Waals surface area contributed by atoms with Crippen LogP contribution in [-0.4, -0.2) is 22.7 Å². The summed E-state index contributed by atoms with van der Waals surface area (Å²) in [6, 6.07) is 0. The molecule has 4 heteroatoms. The van der Waals surface area contributed by atoms with Gasteiger partial charge in [0.2, 0.25) is 10.5 Å². The zero-order chi connectivity index (χ0) is 6.57. The molecule has 0 saturated heterocycles. The number of carbonyl (C=O) groups is 2. The predicted octanol–water partition coefficient (Wildman–Crippen LogP) is -1.36. The number of hydrogen-bond acceptors (Lipinski definition) is 3. The van der Waals surface area contributed by atoms with Crippen LogP contribution in [0.15, 0.2) is 0 Å². The molecule has 0 amide bonds. The highest BCUT2D eigenvalue weighted by Crippen LogP contribution is 1.89. The molecule has 0 saturated carbocycles. The van der Waals surface area contributed by atoms with Crippen molar-refractivity contribution in [3.05, 3.63) is 0 Å². The SMILES string of the molecule is CC(C=O)C(=O)O[SiH3]. The number of aldehydes is 1. The topological polar surface area (TPSA) is 43.4 Å². The van der Waals surface area contributed by atoms with E-state index >= 15 is 0 Å². The molecule has 0 rings (SSSR count). The third-order valence-electron chi connectivity index (χ3n) is 0.777. The Labute approximate surface area is 50.6 Å². The van der Waals surface area contributed by atoms with Gasteiger partial charge in [0.05, 0.1) is 0 Å². The molecule has 1 unspecified atom stereocenters. The van der Waals surface area contributed by atoms with E-state index in [0.29, 0.717) is 16.8 Å². The Balaban J connectivity index is 3.62. The van der Waals surface area contributed by atoms with Gasteiger partial charge in [0.25, 0.3) is 0 Å². The molecular formula is C4H8O3Si. The van der Waals surface area contributed by atoms with Crippen LogP contribution in [0.25, 0.3) is 0 Å². The normalized spacial score (nSPS) is 12.6. The third-order valence-corrected chi connectivity index (χ3v) is 1.18. The first-order chi connectivity index (χ1) is 3.72. The van der Waals surface area contributed by atoms with E-state index in [2.05, 4.69) is 4.43 Å². The second-order valence-corrected chi connectivity index (χ2v) is 1.86. The van der Waals surface area contributed by atoms with Gasteiger partial charge < -0.3 is 9.22 Å². The van der Waals surface area contributed by atoms with E-state index in [9.17, 15) is 9.59 Å². The van der Waals surface area contributed by atoms with Gasteiger partial charge >= 0.3 is 5.97 Å². The summed E-state index contributed by atoms with van der Waals surface area (Å²) in [5.74, 6) is -1.01. The number of carbonyl (C=O) groups excluding carboxylic acids is 2. The molecule has 0 aromatic carbocycles. The first-order valence-electron chi connectivity index (χ1n) is 2.25. The minimum atomic E-state index is -0.590. The first-order valence-corrected chi connectivity index (χ1v) is 3.07. The summed E-state index contributed by atoms with van der Waals surface area (Å²) in [6.45, 7) is 1.51. The number of rotatable bonds is 2. The lowest BCUT2D eigenvalue weighted by Gasteiger charge is -1.98. The van der Waals surface area contributed by atoms with Gasteiger partial charge in [-0.3, -0.25) is 4.79 Å². The van der Waals surface area contributed by atoms with Crippen LogP contribution in [0.5, 0.6) is 0 Å². The van der Waals surface area contributed by atoms with Gasteiger partial charge in [-0.05, 0) is 6.92 Å². The fraction of sp³-hybridized carbons (Fsp3) is 0.500. The van der Waals surface area contributed by atoms with E-state index in [1.165, 1.54) is 6.92 Å². The summed E-state index contributed by atoms with van der Waals surface area (Å²) in [4.78, 5) is 20.1. The molecule has 0 heterocycles. The van der Waals surface area contributed by atoms with Gasteiger partial charge in [-0.25, -0.2) is 0 Å². The lowest BCUT2D eigenvalue weighted by Crippen LogP contribution is -2.13. The highest BCUT2D eigenvalue weighted by atomic mass is 28.2. The van der Waals surface area contributed by atoms with Gasteiger partial charge in [0.1, 0.15) is 12.2 Å². The molecule has 46 valence electrons. The second kappa shape index (κ2) is 3.37. The van der Waals surface area contributed by atoms with Crippen molar-refractivity contribution in [2.75, 3.05) is 0 Å². The van der Waals surface area contributed by atoms with Gasteiger partial charge in [0.15, 0.2) is 0 Å². The minimum absolute atomic E-state index is 0.367. The molecule has 0 aliphatic rings. The third kappa shape index (κ3) is 1.88. The van der Waals surface area contributed by atoms with Crippen LogP contribution in [0.2, 0.25) is 0 Å². The summed E-state index contributed by atoms with van der Waals surface area (Å²) in [7, 11) is 0.367. The highest BCUT2D eigenvalue weighted by molar-refractivity contribution is 6.07. The van der Waals surface area contributed by atoms with Crippen LogP contribution in [0, 0.1) is 5.92 Å². The maximum absolute atomic E-state index is 10.3. The Hall–Kier alpha value is -0.643. The Morgan fingerprint density at radius 2 is 2.38 bits per heavy atom. The van der Waals surface area contributed by atoms with Crippen LogP contribution >= 0.6 is 0 Å². The first kappa shape index (κ1) is 7.36. The van der Waals surface area contributed by atoms with E-state index in [-0.39, 0.29) is 0 Å². The van der Waals surface area contributed by atoms with Crippen molar-refractivity contribution < 1.29 is 14.0 Å². The molecule has 0 bridgehead atoms. The minimum Gasteiger partial charge on any atom is -0.528 e. The maximum atomic E-state index is 10.3. The molecule has 0 aliphatic carbocycles. The van der Waals surface area contributed by atoms with Crippen LogP contribution in [-0.2, 0) is 14.0 Å². The molecule has 1 atom stereocenters. The monoisotopic (exact) mass is 132 g/mol. The Morgan fingerprint density at radius 3 is 2.50 bits per heavy atom. The van der Waals surface area contributed by atoms with E-state index in [4.69, 9.17) is 0 Å². The molecule has 0 aromatic rings.